The molecular weight excluding hydrogens is 258 g/mol. The first kappa shape index (κ1) is 12.4. The van der Waals surface area contributed by atoms with Crippen molar-refractivity contribution in [3.63, 3.8) is 0 Å². The minimum atomic E-state index is -0.0454. The Morgan fingerprint density at radius 2 is 1.81 bits per heavy atom. The van der Waals surface area contributed by atoms with Gasteiger partial charge in [-0.15, -0.1) is 0 Å². The van der Waals surface area contributed by atoms with Crippen molar-refractivity contribution >= 4 is 10.8 Å². The molecule has 21 heavy (non-hydrogen) atoms. The number of hydrogen-bond acceptors (Lipinski definition) is 2. The number of fused-ring (bicyclic) bond motifs is 4. The van der Waals surface area contributed by atoms with Crippen molar-refractivity contribution in [2.45, 2.75) is 19.3 Å². The molecule has 104 valence electrons. The zero-order valence-corrected chi connectivity index (χ0v) is 12.5. The lowest BCUT2D eigenvalue weighted by atomic mass is 9.82. The van der Waals surface area contributed by atoms with Gasteiger partial charge in [0.15, 0.2) is 0 Å². The molecule has 2 aromatic carbocycles. The summed E-state index contributed by atoms with van der Waals surface area (Å²) in [5.41, 5.74) is 4.73. The molecule has 0 aliphatic heterocycles. The lowest BCUT2D eigenvalue weighted by Crippen LogP contribution is -2.15. The highest BCUT2D eigenvalue weighted by Crippen LogP contribution is 2.53. The quantitative estimate of drug-likeness (QED) is 0.650. The Hall–Kier alpha value is -2.35. The summed E-state index contributed by atoms with van der Waals surface area (Å²) in [6, 6.07) is 14.9. The molecule has 0 unspecified atom stereocenters. The molecule has 0 amide bonds. The van der Waals surface area contributed by atoms with Crippen molar-refractivity contribution in [2.75, 3.05) is 7.11 Å². The van der Waals surface area contributed by atoms with E-state index in [9.17, 15) is 0 Å². The maximum atomic E-state index is 5.78. The molecule has 1 aliphatic carbocycles. The molecule has 2 nitrogen and oxygen atoms in total. The summed E-state index contributed by atoms with van der Waals surface area (Å²) >= 11 is 0. The first-order valence-corrected chi connectivity index (χ1v) is 7.20. The Bertz CT molecular complexity index is 865. The number of pyridine rings is 1. The molecule has 0 N–H and O–H groups in total. The van der Waals surface area contributed by atoms with Gasteiger partial charge >= 0.3 is 0 Å². The molecule has 1 heterocycles. The molecule has 4 rings (SSSR count). The number of nitrogens with zero attached hydrogens (tertiary/aromatic N) is 1. The van der Waals surface area contributed by atoms with E-state index >= 15 is 0 Å². The van der Waals surface area contributed by atoms with Crippen molar-refractivity contribution in [2.24, 2.45) is 0 Å². The van der Waals surface area contributed by atoms with Gasteiger partial charge in [-0.3, -0.25) is 4.98 Å². The first-order valence-electron chi connectivity index (χ1n) is 7.20. The smallest absolute Gasteiger partial charge is 0.136 e. The normalized spacial score (nSPS) is 14.8. The largest absolute Gasteiger partial charge is 0.495 e. The van der Waals surface area contributed by atoms with Crippen molar-refractivity contribution in [3.8, 4) is 17.0 Å². The number of aromatic nitrogens is 1. The van der Waals surface area contributed by atoms with Gasteiger partial charge in [-0.2, -0.15) is 0 Å². The summed E-state index contributed by atoms with van der Waals surface area (Å²) in [7, 11) is 1.75. The summed E-state index contributed by atoms with van der Waals surface area (Å²) in [5, 5.41) is 2.36. The van der Waals surface area contributed by atoms with Gasteiger partial charge in [0.05, 0.1) is 12.8 Å². The van der Waals surface area contributed by atoms with Crippen LogP contribution >= 0.6 is 0 Å². The summed E-state index contributed by atoms with van der Waals surface area (Å²) < 4.78 is 5.78. The highest BCUT2D eigenvalue weighted by Gasteiger charge is 2.38. The first-order chi connectivity index (χ1) is 10.1. The third kappa shape index (κ3) is 1.50. The third-order valence-corrected chi connectivity index (χ3v) is 4.60. The number of ether oxygens (including phenoxy) is 1. The van der Waals surface area contributed by atoms with Crippen molar-refractivity contribution in [3.05, 3.63) is 59.8 Å². The zero-order chi connectivity index (χ0) is 14.6. The lowest BCUT2D eigenvalue weighted by Gasteiger charge is -2.22. The molecular formula is C19H17NO. The second-order valence-electron chi connectivity index (χ2n) is 6.08. The van der Waals surface area contributed by atoms with Crippen molar-refractivity contribution in [1.29, 1.82) is 0 Å². The standard InChI is InChI=1S/C19H17NO/c1-19(2)14-9-6-10-20-17(14)16-15(19)11-12-7-4-5-8-13(12)18(16)21-3/h4-11H,1-3H3. The molecule has 3 aromatic rings. The number of methoxy groups -OCH3 is 1. The number of rotatable bonds is 1. The minimum Gasteiger partial charge on any atom is -0.495 e. The maximum Gasteiger partial charge on any atom is 0.136 e. The van der Waals surface area contributed by atoms with Crippen LogP contribution in [0.5, 0.6) is 5.75 Å². The van der Waals surface area contributed by atoms with Crippen molar-refractivity contribution in [1.82, 2.24) is 4.98 Å². The Morgan fingerprint density at radius 3 is 2.62 bits per heavy atom. The van der Waals surface area contributed by atoms with Gasteiger partial charge in [-0.1, -0.05) is 44.2 Å². The van der Waals surface area contributed by atoms with Gasteiger partial charge < -0.3 is 4.74 Å². The molecule has 0 spiro atoms. The van der Waals surface area contributed by atoms with E-state index in [1.807, 2.05) is 12.3 Å². The lowest BCUT2D eigenvalue weighted by molar-refractivity contribution is 0.421. The maximum absolute atomic E-state index is 5.78. The predicted molar refractivity (Wildman–Crippen MR) is 85.9 cm³/mol. The molecule has 0 saturated heterocycles. The molecule has 0 saturated carbocycles. The third-order valence-electron chi connectivity index (χ3n) is 4.60. The van der Waals surface area contributed by atoms with E-state index in [-0.39, 0.29) is 5.41 Å². The summed E-state index contributed by atoms with van der Waals surface area (Å²) in [4.78, 5) is 4.63. The van der Waals surface area contributed by atoms with Gasteiger partial charge in [-0.05, 0) is 28.6 Å². The molecule has 0 atom stereocenters. The van der Waals surface area contributed by atoms with E-state index < -0.39 is 0 Å². The second-order valence-corrected chi connectivity index (χ2v) is 6.08. The fourth-order valence-corrected chi connectivity index (χ4v) is 3.51. The van der Waals surface area contributed by atoms with Gasteiger partial charge in [0, 0.05) is 22.6 Å². The minimum absolute atomic E-state index is 0.0454. The Labute approximate surface area is 124 Å². The van der Waals surface area contributed by atoms with Crippen LogP contribution in [-0.2, 0) is 5.41 Å². The van der Waals surface area contributed by atoms with Crippen LogP contribution in [0, 0.1) is 0 Å². The Balaban J connectivity index is 2.21. The molecule has 0 radical (unpaired) electrons. The van der Waals surface area contributed by atoms with Crippen molar-refractivity contribution < 1.29 is 4.74 Å². The summed E-state index contributed by atoms with van der Waals surface area (Å²) in [6.07, 6.45) is 1.86. The van der Waals surface area contributed by atoms with Crippen LogP contribution in [-0.4, -0.2) is 12.1 Å². The number of benzene rings is 2. The molecule has 1 aliphatic rings. The van der Waals surface area contributed by atoms with E-state index in [1.54, 1.807) is 7.11 Å². The van der Waals surface area contributed by atoms with Gasteiger partial charge in [0.2, 0.25) is 0 Å². The number of hydrogen-bond donors (Lipinski definition) is 0. The summed E-state index contributed by atoms with van der Waals surface area (Å²) in [5.74, 6) is 0.939. The van der Waals surface area contributed by atoms with Gasteiger partial charge in [0.25, 0.3) is 0 Å². The zero-order valence-electron chi connectivity index (χ0n) is 12.5. The van der Waals surface area contributed by atoms with E-state index in [0.29, 0.717) is 0 Å². The molecule has 0 fully saturated rings. The average molecular weight is 275 g/mol. The van der Waals surface area contributed by atoms with Crippen LogP contribution in [0.2, 0.25) is 0 Å². The highest BCUT2D eigenvalue weighted by atomic mass is 16.5. The van der Waals surface area contributed by atoms with Gasteiger partial charge in [0.1, 0.15) is 5.75 Å². The van der Waals surface area contributed by atoms with E-state index in [4.69, 9.17) is 4.74 Å². The van der Waals surface area contributed by atoms with Crippen LogP contribution in [0.25, 0.3) is 22.0 Å². The van der Waals surface area contributed by atoms with E-state index in [2.05, 4.69) is 55.2 Å². The fraction of sp³-hybridized carbons (Fsp3) is 0.211. The highest BCUT2D eigenvalue weighted by molar-refractivity contribution is 5.99. The molecule has 0 bridgehead atoms. The Morgan fingerprint density at radius 1 is 1.00 bits per heavy atom. The van der Waals surface area contributed by atoms with Crippen LogP contribution in [0.15, 0.2) is 48.7 Å². The van der Waals surface area contributed by atoms with E-state index in [1.165, 1.54) is 16.5 Å². The molecule has 2 heteroatoms. The average Bonchev–Trinajstić information content (AvgIpc) is 2.74. The monoisotopic (exact) mass is 275 g/mol. The van der Waals surface area contributed by atoms with Crippen LogP contribution in [0.1, 0.15) is 25.0 Å². The fourth-order valence-electron chi connectivity index (χ4n) is 3.51. The van der Waals surface area contributed by atoms with Gasteiger partial charge in [-0.25, -0.2) is 0 Å². The Kier molecular flexibility index (Phi) is 2.41. The molecule has 1 aromatic heterocycles. The van der Waals surface area contributed by atoms with Crippen LogP contribution in [0.3, 0.4) is 0 Å². The topological polar surface area (TPSA) is 22.1 Å². The summed E-state index contributed by atoms with van der Waals surface area (Å²) in [6.45, 7) is 4.51. The van der Waals surface area contributed by atoms with Crippen LogP contribution in [0.4, 0.5) is 0 Å². The van der Waals surface area contributed by atoms with Crippen LogP contribution < -0.4 is 4.74 Å². The predicted octanol–water partition coefficient (Wildman–Crippen LogP) is 4.55. The van der Waals surface area contributed by atoms with E-state index in [0.717, 1.165) is 22.4 Å². The second kappa shape index (κ2) is 4.08. The SMILES string of the molecule is COc1c2c(cc3ccccc13)C(C)(C)c1cccnc1-2.